The maximum absolute atomic E-state index is 5.20. The maximum Gasteiger partial charge on any atom is 0.238 e. The highest BCUT2D eigenvalue weighted by Crippen LogP contribution is 2.42. The molecule has 0 spiro atoms. The zero-order chi connectivity index (χ0) is 45.0. The number of benzene rings is 9. The van der Waals surface area contributed by atoms with Crippen molar-refractivity contribution < 1.29 is 0 Å². The van der Waals surface area contributed by atoms with Gasteiger partial charge in [-0.15, -0.1) is 0 Å². The zero-order valence-electron chi connectivity index (χ0n) is 36.5. The van der Waals surface area contributed by atoms with Crippen LogP contribution in [0.5, 0.6) is 0 Å². The molecule has 0 amide bonds. The molecule has 8 heteroatoms. The first-order valence-electron chi connectivity index (χ1n) is 22.6. The smallest absolute Gasteiger partial charge is 0.238 e. The van der Waals surface area contributed by atoms with Crippen molar-refractivity contribution in [2.45, 2.75) is 0 Å². The van der Waals surface area contributed by atoms with Gasteiger partial charge in [0.25, 0.3) is 0 Å². The third-order valence-corrected chi connectivity index (χ3v) is 12.7. The standard InChI is InChI=1S/C60H38N8/c1-5-17-39(18-6-1)40-29-31-44(32-30-40)56-61-55(41-19-7-2-8-20-41)62-57(63-56)45-33-35-46(36-34-45)67-50-27-15-13-25-47(50)48-37-38-52-53(54(48)67)49-26-14-16-28-51(49)68(52)60-65-58(42-21-9-3-10-22-42)64-59(66-60)43-23-11-4-12-24-43/h1-38H. The molecule has 0 saturated heterocycles. The molecular weight excluding hydrogens is 833 g/mol. The molecule has 318 valence electrons. The van der Waals surface area contributed by atoms with E-state index in [4.69, 9.17) is 29.9 Å². The molecule has 8 nitrogen and oxygen atoms in total. The van der Waals surface area contributed by atoms with Crippen LogP contribution in [0.15, 0.2) is 231 Å². The molecule has 0 aliphatic carbocycles. The lowest BCUT2D eigenvalue weighted by molar-refractivity contribution is 0.953. The Labute approximate surface area is 391 Å². The summed E-state index contributed by atoms with van der Waals surface area (Å²) in [6.07, 6.45) is 0. The second kappa shape index (κ2) is 16.2. The largest absolute Gasteiger partial charge is 0.309 e. The number of nitrogens with zero attached hydrogens (tertiary/aromatic N) is 8. The van der Waals surface area contributed by atoms with Gasteiger partial charge >= 0.3 is 0 Å². The number of rotatable bonds is 8. The lowest BCUT2D eigenvalue weighted by Crippen LogP contribution is -2.06. The lowest BCUT2D eigenvalue weighted by atomic mass is 10.0. The average molecular weight is 871 g/mol. The minimum Gasteiger partial charge on any atom is -0.309 e. The number of hydrogen-bond acceptors (Lipinski definition) is 6. The van der Waals surface area contributed by atoms with Gasteiger partial charge in [0.05, 0.1) is 22.1 Å². The van der Waals surface area contributed by atoms with Crippen LogP contribution in [-0.2, 0) is 0 Å². The predicted octanol–water partition coefficient (Wildman–Crippen LogP) is 14.3. The molecule has 68 heavy (non-hydrogen) atoms. The Morgan fingerprint density at radius 2 is 0.603 bits per heavy atom. The summed E-state index contributed by atoms with van der Waals surface area (Å²) in [7, 11) is 0. The predicted molar refractivity (Wildman–Crippen MR) is 275 cm³/mol. The summed E-state index contributed by atoms with van der Waals surface area (Å²) in [6, 6.07) is 79.3. The number of hydrogen-bond donors (Lipinski definition) is 0. The van der Waals surface area contributed by atoms with E-state index in [1.165, 1.54) is 0 Å². The van der Waals surface area contributed by atoms with Gasteiger partial charge in [0.15, 0.2) is 29.1 Å². The van der Waals surface area contributed by atoms with Crippen LogP contribution in [-0.4, -0.2) is 39.0 Å². The maximum atomic E-state index is 5.20. The highest BCUT2D eigenvalue weighted by atomic mass is 15.2. The van der Waals surface area contributed by atoms with E-state index in [-0.39, 0.29) is 0 Å². The topological polar surface area (TPSA) is 87.2 Å². The summed E-state index contributed by atoms with van der Waals surface area (Å²) in [6.45, 7) is 0. The summed E-state index contributed by atoms with van der Waals surface area (Å²) < 4.78 is 4.57. The Hall–Kier alpha value is -9.40. The van der Waals surface area contributed by atoms with E-state index in [2.05, 4.69) is 143 Å². The second-order valence-electron chi connectivity index (χ2n) is 16.7. The molecule has 0 bridgehead atoms. The Morgan fingerprint density at radius 1 is 0.235 bits per heavy atom. The molecule has 4 heterocycles. The molecular formula is C60H38N8. The van der Waals surface area contributed by atoms with Crippen LogP contribution in [0.1, 0.15) is 0 Å². The monoisotopic (exact) mass is 870 g/mol. The van der Waals surface area contributed by atoms with Gasteiger partial charge in [-0.3, -0.25) is 4.57 Å². The van der Waals surface area contributed by atoms with Crippen LogP contribution in [0.3, 0.4) is 0 Å². The molecule has 13 rings (SSSR count). The highest BCUT2D eigenvalue weighted by Gasteiger charge is 2.23. The quantitative estimate of drug-likeness (QED) is 0.151. The first-order chi connectivity index (χ1) is 33.7. The second-order valence-corrected chi connectivity index (χ2v) is 16.7. The number of fused-ring (bicyclic) bond motifs is 7. The summed E-state index contributed by atoms with van der Waals surface area (Å²) in [5, 5.41) is 4.52. The van der Waals surface area contributed by atoms with Gasteiger partial charge in [-0.05, 0) is 53.6 Å². The van der Waals surface area contributed by atoms with Gasteiger partial charge in [-0.2, -0.15) is 9.97 Å². The van der Waals surface area contributed by atoms with Crippen molar-refractivity contribution >= 4 is 43.6 Å². The first-order valence-corrected chi connectivity index (χ1v) is 22.6. The van der Waals surface area contributed by atoms with Crippen LogP contribution >= 0.6 is 0 Å². The lowest BCUT2D eigenvalue weighted by Gasteiger charge is -2.12. The fraction of sp³-hybridized carbons (Fsp3) is 0. The van der Waals surface area contributed by atoms with Crippen LogP contribution < -0.4 is 0 Å². The van der Waals surface area contributed by atoms with E-state index in [1.807, 2.05) is 97.1 Å². The summed E-state index contributed by atoms with van der Waals surface area (Å²) in [5.41, 5.74) is 12.1. The molecule has 0 unspecified atom stereocenters. The van der Waals surface area contributed by atoms with Gasteiger partial charge in [-0.25, -0.2) is 19.9 Å². The number of aromatic nitrogens is 8. The van der Waals surface area contributed by atoms with E-state index >= 15 is 0 Å². The van der Waals surface area contributed by atoms with Crippen molar-refractivity contribution in [3.05, 3.63) is 231 Å². The summed E-state index contributed by atoms with van der Waals surface area (Å²) in [5.74, 6) is 3.60. The minimum atomic E-state index is 0.550. The van der Waals surface area contributed by atoms with E-state index in [9.17, 15) is 0 Å². The third kappa shape index (κ3) is 6.70. The van der Waals surface area contributed by atoms with Crippen molar-refractivity contribution in [3.8, 4) is 79.7 Å². The Bertz CT molecular complexity index is 3920. The van der Waals surface area contributed by atoms with Gasteiger partial charge < -0.3 is 4.57 Å². The van der Waals surface area contributed by atoms with Crippen LogP contribution in [0.2, 0.25) is 0 Å². The molecule has 0 atom stereocenters. The van der Waals surface area contributed by atoms with Gasteiger partial charge in [0.1, 0.15) is 0 Å². The molecule has 13 aromatic rings. The third-order valence-electron chi connectivity index (χ3n) is 12.7. The van der Waals surface area contributed by atoms with E-state index in [0.717, 1.165) is 88.2 Å². The van der Waals surface area contributed by atoms with Crippen LogP contribution in [0.25, 0.3) is 123 Å². The first kappa shape index (κ1) is 39.0. The van der Waals surface area contributed by atoms with Crippen molar-refractivity contribution in [1.29, 1.82) is 0 Å². The normalized spacial score (nSPS) is 11.5. The molecule has 9 aromatic carbocycles. The highest BCUT2D eigenvalue weighted by molar-refractivity contribution is 6.26. The van der Waals surface area contributed by atoms with Gasteiger partial charge in [-0.1, -0.05) is 188 Å². The van der Waals surface area contributed by atoms with E-state index < -0.39 is 0 Å². The molecule has 4 aromatic heterocycles. The fourth-order valence-electron chi connectivity index (χ4n) is 9.44. The Kier molecular flexibility index (Phi) is 9.31. The summed E-state index contributed by atoms with van der Waals surface area (Å²) >= 11 is 0. The average Bonchev–Trinajstić information content (AvgIpc) is 3.95. The Morgan fingerprint density at radius 3 is 1.12 bits per heavy atom. The van der Waals surface area contributed by atoms with Crippen molar-refractivity contribution in [1.82, 2.24) is 39.0 Å². The SMILES string of the molecule is c1ccc(-c2ccc(-c3nc(-c4ccccc4)nc(-c4ccc(-n5c6ccccc6c6ccc7c(c8ccccc8n7-c7nc(-c8ccccc8)nc(-c8ccccc8)n7)c65)cc4)n3)cc2)cc1. The van der Waals surface area contributed by atoms with Crippen LogP contribution in [0.4, 0.5) is 0 Å². The molecule has 0 N–H and O–H groups in total. The van der Waals surface area contributed by atoms with Crippen molar-refractivity contribution in [2.75, 3.05) is 0 Å². The van der Waals surface area contributed by atoms with E-state index in [0.29, 0.717) is 35.1 Å². The van der Waals surface area contributed by atoms with Crippen LogP contribution in [0, 0.1) is 0 Å². The molecule has 0 saturated carbocycles. The molecule has 0 radical (unpaired) electrons. The molecule has 0 aliphatic heterocycles. The van der Waals surface area contributed by atoms with Crippen molar-refractivity contribution in [2.24, 2.45) is 0 Å². The zero-order valence-corrected chi connectivity index (χ0v) is 36.5. The molecule has 0 aliphatic rings. The Balaban J connectivity index is 0.983. The summed E-state index contributed by atoms with van der Waals surface area (Å²) in [4.78, 5) is 30.6. The van der Waals surface area contributed by atoms with E-state index in [1.54, 1.807) is 0 Å². The van der Waals surface area contributed by atoms with Gasteiger partial charge in [0, 0.05) is 55.0 Å². The number of para-hydroxylation sites is 2. The molecule has 0 fully saturated rings. The van der Waals surface area contributed by atoms with Gasteiger partial charge in [0.2, 0.25) is 5.95 Å². The minimum absolute atomic E-state index is 0.550. The fourth-order valence-corrected chi connectivity index (χ4v) is 9.44. The van der Waals surface area contributed by atoms with Crippen molar-refractivity contribution in [3.63, 3.8) is 0 Å².